The molecule has 4 rings (SSSR count). The van der Waals surface area contributed by atoms with Gasteiger partial charge in [-0.1, -0.05) is 77.8 Å². The molecular formula is C27H19Cl2F4NO3. The Balaban J connectivity index is 1.43. The minimum Gasteiger partial charge on any atom is -0.445 e. The van der Waals surface area contributed by atoms with Crippen LogP contribution in [0.4, 0.5) is 22.4 Å². The van der Waals surface area contributed by atoms with Gasteiger partial charge in [-0.2, -0.15) is 13.2 Å². The maximum Gasteiger partial charge on any atom is 0.417 e. The predicted molar refractivity (Wildman–Crippen MR) is 132 cm³/mol. The van der Waals surface area contributed by atoms with Crippen LogP contribution in [0.1, 0.15) is 27.0 Å². The third kappa shape index (κ3) is 6.32. The smallest absolute Gasteiger partial charge is 0.417 e. The van der Waals surface area contributed by atoms with Gasteiger partial charge in [0.15, 0.2) is 11.5 Å². The number of hydrogen-bond donors (Lipinski definition) is 0. The number of alkyl halides is 4. The minimum atomic E-state index is -4.85. The van der Waals surface area contributed by atoms with Crippen molar-refractivity contribution in [3.63, 3.8) is 0 Å². The number of carbonyl (C=O) groups excluding carboxylic acids is 2. The molecule has 3 aromatic rings. The van der Waals surface area contributed by atoms with E-state index in [0.29, 0.717) is 6.08 Å². The van der Waals surface area contributed by atoms with Crippen molar-refractivity contribution < 1.29 is 31.9 Å². The molecule has 1 heterocycles. The first kappa shape index (κ1) is 26.7. The van der Waals surface area contributed by atoms with Gasteiger partial charge in [-0.25, -0.2) is 9.18 Å². The number of hydrogen-bond acceptors (Lipinski definition) is 3. The summed E-state index contributed by atoms with van der Waals surface area (Å²) in [5.41, 5.74) is -2.51. The number of amides is 1. The molecule has 0 radical (unpaired) electrons. The first-order valence-electron chi connectivity index (χ1n) is 11.0. The van der Waals surface area contributed by atoms with Crippen LogP contribution in [0.15, 0.2) is 78.9 Å². The molecule has 37 heavy (non-hydrogen) atoms. The molecule has 0 aliphatic carbocycles. The number of rotatable bonds is 6. The second kappa shape index (κ2) is 10.6. The largest absolute Gasteiger partial charge is 0.445 e. The van der Waals surface area contributed by atoms with Crippen LogP contribution in [0.25, 0.3) is 5.57 Å². The fraction of sp³-hybridized carbons (Fsp3) is 0.185. The second-order valence-electron chi connectivity index (χ2n) is 8.52. The molecule has 1 aliphatic rings. The molecule has 0 unspecified atom stereocenters. The highest BCUT2D eigenvalue weighted by Gasteiger charge is 2.48. The molecule has 10 heteroatoms. The van der Waals surface area contributed by atoms with E-state index in [1.807, 2.05) is 6.07 Å². The van der Waals surface area contributed by atoms with Gasteiger partial charge in [0.1, 0.15) is 6.61 Å². The number of benzene rings is 3. The summed E-state index contributed by atoms with van der Waals surface area (Å²) in [6.45, 7) is -0.440. The van der Waals surface area contributed by atoms with Crippen molar-refractivity contribution in [1.82, 2.24) is 4.90 Å². The Labute approximate surface area is 220 Å². The van der Waals surface area contributed by atoms with Crippen LogP contribution in [-0.4, -0.2) is 36.0 Å². The highest BCUT2D eigenvalue weighted by Crippen LogP contribution is 2.38. The van der Waals surface area contributed by atoms with Crippen LogP contribution in [0, 0.1) is 0 Å². The van der Waals surface area contributed by atoms with E-state index in [2.05, 4.69) is 0 Å². The zero-order valence-electron chi connectivity index (χ0n) is 19.1. The molecule has 1 aliphatic heterocycles. The minimum absolute atomic E-state index is 0.0128. The Bertz CT molecular complexity index is 1320. The lowest BCUT2D eigenvalue weighted by Gasteiger charge is -2.43. The number of carbonyl (C=O) groups is 2. The van der Waals surface area contributed by atoms with Gasteiger partial charge >= 0.3 is 12.3 Å². The van der Waals surface area contributed by atoms with Gasteiger partial charge in [0, 0.05) is 15.6 Å². The average molecular weight is 552 g/mol. The summed E-state index contributed by atoms with van der Waals surface area (Å²) in [7, 11) is 0. The van der Waals surface area contributed by atoms with Gasteiger partial charge in [-0.3, -0.25) is 4.79 Å². The highest BCUT2D eigenvalue weighted by atomic mass is 35.5. The number of likely N-dealkylation sites (tertiary alicyclic amines) is 1. The molecule has 192 valence electrons. The summed E-state index contributed by atoms with van der Waals surface area (Å²) < 4.78 is 61.5. The lowest BCUT2D eigenvalue weighted by molar-refractivity contribution is -0.0689. The molecule has 0 saturated carbocycles. The van der Waals surface area contributed by atoms with E-state index in [0.717, 1.165) is 17.7 Å². The van der Waals surface area contributed by atoms with E-state index >= 15 is 4.39 Å². The van der Waals surface area contributed by atoms with E-state index in [1.54, 1.807) is 24.3 Å². The molecule has 1 amide bonds. The van der Waals surface area contributed by atoms with Crippen molar-refractivity contribution >= 4 is 40.7 Å². The maximum absolute atomic E-state index is 15.3. The number of ether oxygens (including phenoxy) is 1. The van der Waals surface area contributed by atoms with Crippen molar-refractivity contribution in [1.29, 1.82) is 0 Å². The van der Waals surface area contributed by atoms with E-state index < -0.39 is 29.3 Å². The summed E-state index contributed by atoms with van der Waals surface area (Å²) in [4.78, 5) is 26.0. The Morgan fingerprint density at radius 3 is 2.08 bits per heavy atom. The first-order chi connectivity index (χ1) is 17.4. The van der Waals surface area contributed by atoms with Crippen LogP contribution in [0.2, 0.25) is 10.0 Å². The van der Waals surface area contributed by atoms with Gasteiger partial charge in [-0.15, -0.1) is 0 Å². The average Bonchev–Trinajstić information content (AvgIpc) is 2.83. The third-order valence-electron chi connectivity index (χ3n) is 5.79. The van der Waals surface area contributed by atoms with Crippen molar-refractivity contribution in [3.8, 4) is 0 Å². The zero-order chi connectivity index (χ0) is 26.8. The topological polar surface area (TPSA) is 46.6 Å². The summed E-state index contributed by atoms with van der Waals surface area (Å²) in [5, 5.41) is -0.0256. The predicted octanol–water partition coefficient (Wildman–Crippen LogP) is 7.64. The van der Waals surface area contributed by atoms with Gasteiger partial charge < -0.3 is 9.64 Å². The fourth-order valence-electron chi connectivity index (χ4n) is 3.87. The number of allylic oxidation sites excluding steroid dienone is 2. The lowest BCUT2D eigenvalue weighted by Crippen LogP contribution is -2.58. The summed E-state index contributed by atoms with van der Waals surface area (Å²) >= 11 is 11.6. The van der Waals surface area contributed by atoms with Crippen LogP contribution >= 0.6 is 23.2 Å². The van der Waals surface area contributed by atoms with E-state index in [9.17, 15) is 22.8 Å². The van der Waals surface area contributed by atoms with Crippen LogP contribution in [0.5, 0.6) is 0 Å². The van der Waals surface area contributed by atoms with E-state index in [-0.39, 0.29) is 46.4 Å². The molecule has 0 spiro atoms. The SMILES string of the molecule is O=C(C=C(c1cc(Cl)cc(Cl)c1)C(F)(F)F)c1ccc(C2(F)CN(C(=O)OCc3ccccc3)C2)cc1. The molecule has 0 atom stereocenters. The number of nitrogens with zero attached hydrogens (tertiary/aromatic N) is 1. The van der Waals surface area contributed by atoms with Crippen LogP contribution in [0.3, 0.4) is 0 Å². The van der Waals surface area contributed by atoms with Crippen molar-refractivity contribution in [3.05, 3.63) is 111 Å². The number of halogens is 6. The Hall–Kier alpha value is -3.36. The standard InChI is InChI=1S/C27H19Cl2F4NO3/c28-21-10-19(11-22(29)12-21)23(27(31,32)33)13-24(35)18-6-8-20(9-7-18)26(30)15-34(16-26)25(36)37-14-17-4-2-1-3-5-17/h1-13H,14-16H2. The highest BCUT2D eigenvalue weighted by molar-refractivity contribution is 6.35. The molecule has 1 fully saturated rings. The number of ketones is 1. The fourth-order valence-corrected chi connectivity index (χ4v) is 4.39. The normalized spacial score (nSPS) is 15.2. The molecule has 3 aromatic carbocycles. The summed E-state index contributed by atoms with van der Waals surface area (Å²) in [6, 6.07) is 17.5. The molecular weight excluding hydrogens is 533 g/mol. The maximum atomic E-state index is 15.3. The van der Waals surface area contributed by atoms with Gasteiger partial charge in [0.05, 0.1) is 18.7 Å². The van der Waals surface area contributed by atoms with Crippen LogP contribution in [-0.2, 0) is 17.0 Å². The third-order valence-corrected chi connectivity index (χ3v) is 6.22. The monoisotopic (exact) mass is 551 g/mol. The lowest BCUT2D eigenvalue weighted by atomic mass is 9.87. The van der Waals surface area contributed by atoms with Crippen molar-refractivity contribution in [2.75, 3.05) is 13.1 Å². The van der Waals surface area contributed by atoms with E-state index in [4.69, 9.17) is 27.9 Å². The van der Waals surface area contributed by atoms with E-state index in [1.165, 1.54) is 35.2 Å². The Kier molecular flexibility index (Phi) is 7.62. The summed E-state index contributed by atoms with van der Waals surface area (Å²) in [5.74, 6) is -0.928. The summed E-state index contributed by atoms with van der Waals surface area (Å²) in [6.07, 6.45) is -5.05. The van der Waals surface area contributed by atoms with Gasteiger partial charge in [0.2, 0.25) is 0 Å². The van der Waals surface area contributed by atoms with Crippen molar-refractivity contribution in [2.24, 2.45) is 0 Å². The van der Waals surface area contributed by atoms with Gasteiger partial charge in [-0.05, 0) is 41.0 Å². The van der Waals surface area contributed by atoms with Gasteiger partial charge in [0.25, 0.3) is 0 Å². The van der Waals surface area contributed by atoms with Crippen molar-refractivity contribution in [2.45, 2.75) is 18.5 Å². The first-order valence-corrected chi connectivity index (χ1v) is 11.7. The van der Waals surface area contributed by atoms with Crippen LogP contribution < -0.4 is 0 Å². The molecule has 4 nitrogen and oxygen atoms in total. The molecule has 0 N–H and O–H groups in total. The zero-order valence-corrected chi connectivity index (χ0v) is 20.6. The molecule has 1 saturated heterocycles. The second-order valence-corrected chi connectivity index (χ2v) is 9.39. The Morgan fingerprint density at radius 1 is 0.919 bits per heavy atom. The quantitative estimate of drug-likeness (QED) is 0.179. The molecule has 0 aromatic heterocycles. The molecule has 0 bridgehead atoms. The Morgan fingerprint density at radius 2 is 1.51 bits per heavy atom.